The van der Waals surface area contributed by atoms with Crippen LogP contribution in [0.2, 0.25) is 0 Å². The summed E-state index contributed by atoms with van der Waals surface area (Å²) in [7, 11) is 5.61. The number of carbonyl (C=O) groups excluding carboxylic acids is 1. The molecule has 0 saturated heterocycles. The molecule has 20 heavy (non-hydrogen) atoms. The van der Waals surface area contributed by atoms with Gasteiger partial charge >= 0.3 is 6.03 Å². The fraction of sp³-hybridized carbons (Fsp3) is 0.400. The molecular formula is C15H23N3O2. The van der Waals surface area contributed by atoms with Gasteiger partial charge in [0.1, 0.15) is 5.75 Å². The van der Waals surface area contributed by atoms with Crippen molar-refractivity contribution >= 4 is 6.03 Å². The molecule has 1 atom stereocenters. The third-order valence-electron chi connectivity index (χ3n) is 2.99. The minimum Gasteiger partial charge on any atom is -0.497 e. The van der Waals surface area contributed by atoms with Crippen LogP contribution in [0.25, 0.3) is 0 Å². The Labute approximate surface area is 120 Å². The molecule has 0 aliphatic rings. The van der Waals surface area contributed by atoms with E-state index in [9.17, 15) is 4.79 Å². The SMILES string of the molecule is C=CCNC(=O)NCC(c1ccc(OC)cc1)N(C)C. The molecule has 2 amide bonds. The molecule has 0 bridgehead atoms. The Hall–Kier alpha value is -2.01. The van der Waals surface area contributed by atoms with Gasteiger partial charge in [-0.25, -0.2) is 4.79 Å². The van der Waals surface area contributed by atoms with Crippen LogP contribution >= 0.6 is 0 Å². The van der Waals surface area contributed by atoms with Gasteiger partial charge in [-0.15, -0.1) is 6.58 Å². The zero-order chi connectivity index (χ0) is 15.0. The molecule has 1 aromatic carbocycles. The fourth-order valence-corrected chi connectivity index (χ4v) is 1.84. The van der Waals surface area contributed by atoms with Crippen LogP contribution in [-0.4, -0.2) is 45.2 Å². The number of hydrogen-bond donors (Lipinski definition) is 2. The summed E-state index contributed by atoms with van der Waals surface area (Å²) in [6.45, 7) is 4.55. The summed E-state index contributed by atoms with van der Waals surface area (Å²) in [5, 5.41) is 5.54. The standard InChI is InChI=1S/C15H23N3O2/c1-5-10-16-15(19)17-11-14(18(2)3)12-6-8-13(20-4)9-7-12/h5-9,14H,1,10-11H2,2-4H3,(H2,16,17,19). The van der Waals surface area contributed by atoms with E-state index in [1.54, 1.807) is 13.2 Å². The van der Waals surface area contributed by atoms with Crippen molar-refractivity contribution in [2.45, 2.75) is 6.04 Å². The summed E-state index contributed by atoms with van der Waals surface area (Å²) in [5.74, 6) is 0.822. The maximum atomic E-state index is 11.6. The lowest BCUT2D eigenvalue weighted by Gasteiger charge is -2.25. The number of amides is 2. The van der Waals surface area contributed by atoms with E-state index in [0.717, 1.165) is 11.3 Å². The third-order valence-corrected chi connectivity index (χ3v) is 2.99. The van der Waals surface area contributed by atoms with Crippen molar-refractivity contribution in [3.05, 3.63) is 42.5 Å². The maximum Gasteiger partial charge on any atom is 0.315 e. The predicted molar refractivity (Wildman–Crippen MR) is 81.0 cm³/mol. The van der Waals surface area contributed by atoms with Crippen molar-refractivity contribution in [3.8, 4) is 5.75 Å². The van der Waals surface area contributed by atoms with Crippen molar-refractivity contribution in [3.63, 3.8) is 0 Å². The Morgan fingerprint density at radius 1 is 1.35 bits per heavy atom. The lowest BCUT2D eigenvalue weighted by Crippen LogP contribution is -2.40. The molecule has 0 radical (unpaired) electrons. The molecule has 2 N–H and O–H groups in total. The number of benzene rings is 1. The molecule has 5 nitrogen and oxygen atoms in total. The van der Waals surface area contributed by atoms with Crippen LogP contribution in [0.3, 0.4) is 0 Å². The molecule has 0 heterocycles. The molecule has 1 unspecified atom stereocenters. The predicted octanol–water partition coefficient (Wildman–Crippen LogP) is 1.78. The van der Waals surface area contributed by atoms with E-state index in [2.05, 4.69) is 22.1 Å². The average molecular weight is 277 g/mol. The number of likely N-dealkylation sites (N-methyl/N-ethyl adjacent to an activating group) is 1. The first-order valence-electron chi connectivity index (χ1n) is 6.51. The Morgan fingerprint density at radius 2 is 2.00 bits per heavy atom. The number of nitrogens with one attached hydrogen (secondary N) is 2. The first kappa shape index (κ1) is 16.0. The van der Waals surface area contributed by atoms with Gasteiger partial charge in [0.2, 0.25) is 0 Å². The Balaban J connectivity index is 2.63. The Morgan fingerprint density at radius 3 is 2.50 bits per heavy atom. The van der Waals surface area contributed by atoms with Gasteiger partial charge in [-0.2, -0.15) is 0 Å². The average Bonchev–Trinajstić information content (AvgIpc) is 2.45. The van der Waals surface area contributed by atoms with Gasteiger partial charge in [0.25, 0.3) is 0 Å². The number of nitrogens with zero attached hydrogens (tertiary/aromatic N) is 1. The van der Waals surface area contributed by atoms with Crippen LogP contribution in [-0.2, 0) is 0 Å². The van der Waals surface area contributed by atoms with E-state index in [-0.39, 0.29) is 12.1 Å². The zero-order valence-corrected chi connectivity index (χ0v) is 12.3. The first-order chi connectivity index (χ1) is 9.58. The van der Waals surface area contributed by atoms with Crippen molar-refractivity contribution < 1.29 is 9.53 Å². The molecule has 1 aromatic rings. The monoisotopic (exact) mass is 277 g/mol. The van der Waals surface area contributed by atoms with Crippen LogP contribution < -0.4 is 15.4 Å². The highest BCUT2D eigenvalue weighted by Gasteiger charge is 2.15. The van der Waals surface area contributed by atoms with Gasteiger partial charge in [0, 0.05) is 13.1 Å². The number of carbonyl (C=O) groups is 1. The summed E-state index contributed by atoms with van der Waals surface area (Å²) in [5.41, 5.74) is 1.12. The number of hydrogen-bond acceptors (Lipinski definition) is 3. The first-order valence-corrected chi connectivity index (χ1v) is 6.51. The second-order valence-corrected chi connectivity index (χ2v) is 4.63. The molecule has 0 aromatic heterocycles. The maximum absolute atomic E-state index is 11.6. The minimum atomic E-state index is -0.190. The van der Waals surface area contributed by atoms with Gasteiger partial charge in [-0.05, 0) is 31.8 Å². The van der Waals surface area contributed by atoms with Crippen molar-refractivity contribution in [1.82, 2.24) is 15.5 Å². The number of rotatable bonds is 7. The molecule has 0 aliphatic carbocycles. The second kappa shape index (κ2) is 8.22. The topological polar surface area (TPSA) is 53.6 Å². The number of ether oxygens (including phenoxy) is 1. The van der Waals surface area contributed by atoms with E-state index < -0.39 is 0 Å². The van der Waals surface area contributed by atoms with Gasteiger partial charge in [-0.3, -0.25) is 0 Å². The lowest BCUT2D eigenvalue weighted by atomic mass is 10.1. The van der Waals surface area contributed by atoms with E-state index in [1.807, 2.05) is 38.4 Å². The summed E-state index contributed by atoms with van der Waals surface area (Å²) in [4.78, 5) is 13.6. The molecule has 0 saturated carbocycles. The number of methoxy groups -OCH3 is 1. The highest BCUT2D eigenvalue weighted by Crippen LogP contribution is 2.20. The molecule has 1 rings (SSSR count). The second-order valence-electron chi connectivity index (χ2n) is 4.63. The third kappa shape index (κ3) is 4.93. The zero-order valence-electron chi connectivity index (χ0n) is 12.3. The van der Waals surface area contributed by atoms with Gasteiger partial charge in [0.15, 0.2) is 0 Å². The summed E-state index contributed by atoms with van der Waals surface area (Å²) < 4.78 is 5.15. The quantitative estimate of drug-likeness (QED) is 0.747. The minimum absolute atomic E-state index is 0.107. The fourth-order valence-electron chi connectivity index (χ4n) is 1.84. The molecule has 0 fully saturated rings. The van der Waals surface area contributed by atoms with Crippen molar-refractivity contribution in [2.75, 3.05) is 34.3 Å². The molecule has 110 valence electrons. The molecule has 5 heteroatoms. The smallest absolute Gasteiger partial charge is 0.315 e. The van der Waals surface area contributed by atoms with Gasteiger partial charge in [-0.1, -0.05) is 18.2 Å². The van der Waals surface area contributed by atoms with Crippen LogP contribution in [0.15, 0.2) is 36.9 Å². The van der Waals surface area contributed by atoms with Crippen molar-refractivity contribution in [1.29, 1.82) is 0 Å². The highest BCUT2D eigenvalue weighted by molar-refractivity contribution is 5.74. The van der Waals surface area contributed by atoms with E-state index in [1.165, 1.54) is 0 Å². The van der Waals surface area contributed by atoms with Gasteiger partial charge in [0.05, 0.1) is 13.2 Å². The van der Waals surface area contributed by atoms with Crippen molar-refractivity contribution in [2.24, 2.45) is 0 Å². The summed E-state index contributed by atoms with van der Waals surface area (Å²) >= 11 is 0. The Bertz CT molecular complexity index is 429. The van der Waals surface area contributed by atoms with Crippen LogP contribution in [0.4, 0.5) is 4.79 Å². The normalized spacial score (nSPS) is 11.8. The molecule has 0 spiro atoms. The van der Waals surface area contributed by atoms with Crippen LogP contribution in [0.5, 0.6) is 5.75 Å². The van der Waals surface area contributed by atoms with Crippen LogP contribution in [0, 0.1) is 0 Å². The van der Waals surface area contributed by atoms with Gasteiger partial charge < -0.3 is 20.3 Å². The van der Waals surface area contributed by atoms with Crippen LogP contribution in [0.1, 0.15) is 11.6 Å². The summed E-state index contributed by atoms with van der Waals surface area (Å²) in [6, 6.07) is 7.77. The molecular weight excluding hydrogens is 254 g/mol. The Kier molecular flexibility index (Phi) is 6.59. The van der Waals surface area contributed by atoms with E-state index >= 15 is 0 Å². The van der Waals surface area contributed by atoms with E-state index in [4.69, 9.17) is 4.74 Å². The number of urea groups is 1. The lowest BCUT2D eigenvalue weighted by molar-refractivity contribution is 0.233. The van der Waals surface area contributed by atoms with E-state index in [0.29, 0.717) is 13.1 Å². The molecule has 0 aliphatic heterocycles. The highest BCUT2D eigenvalue weighted by atomic mass is 16.5. The summed E-state index contributed by atoms with van der Waals surface area (Å²) in [6.07, 6.45) is 1.65. The largest absolute Gasteiger partial charge is 0.497 e.